The maximum absolute atomic E-state index is 15.8. The second-order valence-electron chi connectivity index (χ2n) is 15.1. The van der Waals surface area contributed by atoms with E-state index in [0.29, 0.717) is 72.3 Å². The molecule has 8 rings (SSSR count). The number of carbonyl (C=O) groups is 2. The van der Waals surface area contributed by atoms with Gasteiger partial charge in [0.2, 0.25) is 11.8 Å². The highest BCUT2D eigenvalue weighted by molar-refractivity contribution is 6.01. The lowest BCUT2D eigenvalue weighted by Crippen LogP contribution is -2.47. The summed E-state index contributed by atoms with van der Waals surface area (Å²) in [6.45, 7) is 1.58. The lowest BCUT2D eigenvalue weighted by Gasteiger charge is -2.39. The molecule has 2 fully saturated rings. The van der Waals surface area contributed by atoms with Crippen LogP contribution in [0.3, 0.4) is 0 Å². The lowest BCUT2D eigenvalue weighted by molar-refractivity contribution is -0.275. The fourth-order valence-corrected chi connectivity index (χ4v) is 8.37. The van der Waals surface area contributed by atoms with Gasteiger partial charge in [0.25, 0.3) is 11.5 Å². The van der Waals surface area contributed by atoms with Crippen LogP contribution in [0.4, 0.5) is 27.6 Å². The summed E-state index contributed by atoms with van der Waals surface area (Å²) >= 11 is 0. The van der Waals surface area contributed by atoms with Crippen molar-refractivity contribution in [2.75, 3.05) is 25.0 Å². The van der Waals surface area contributed by atoms with E-state index in [-0.39, 0.29) is 42.1 Å². The Morgan fingerprint density at radius 1 is 0.947 bits per heavy atom. The number of aromatic amines is 1. The first-order chi connectivity index (χ1) is 27.2. The molecule has 3 aliphatic rings. The number of anilines is 1. The third-order valence-electron chi connectivity index (χ3n) is 11.2. The zero-order valence-electron chi connectivity index (χ0n) is 31.0. The quantitative estimate of drug-likeness (QED) is 0.119. The number of aryl methyl sites for hydroxylation is 1. The monoisotopic (exact) mass is 789 g/mol. The molecule has 0 spiro atoms. The van der Waals surface area contributed by atoms with Gasteiger partial charge >= 0.3 is 6.36 Å². The number of imide groups is 1. The number of nitrogens with one attached hydrogen (secondary N) is 3. The number of amides is 2. The predicted molar refractivity (Wildman–Crippen MR) is 202 cm³/mol. The number of alkyl halides is 5. The normalized spacial score (nSPS) is 20.3. The van der Waals surface area contributed by atoms with Crippen LogP contribution in [0.1, 0.15) is 53.0 Å². The Hall–Kier alpha value is -5.61. The molecule has 298 valence electrons. The molecule has 5 aromatic rings. The number of fused-ring (bicyclic) bond motifs is 2. The minimum Gasteiger partial charge on any atom is -0.405 e. The largest absolute Gasteiger partial charge is 0.573 e. The van der Waals surface area contributed by atoms with Gasteiger partial charge in [-0.2, -0.15) is 5.10 Å². The molecule has 2 aromatic heterocycles. The smallest absolute Gasteiger partial charge is 0.405 e. The van der Waals surface area contributed by atoms with E-state index in [1.807, 2.05) is 23.1 Å². The van der Waals surface area contributed by atoms with Gasteiger partial charge in [-0.25, -0.2) is 8.78 Å². The number of aromatic nitrogens is 3. The standard InChI is InChI=1S/C41H40F5N7O4/c1-51-22-32(31-18-47-50-37(31)39(51)56)25-5-6-28(35(17-25)57-41(44,45)46)21-52-15-13-30-26(19-52)3-2-4-27(30)20-53-16-14-33(40(42,43)23-53)24-7-9-29(10-8-24)48-34-11-12-36(54)49-38(34)55/h2-10,17-18,22,33-34,48H,11-16,19-21,23H2,1H3,(H,47,50)(H,49,54,55). The summed E-state index contributed by atoms with van der Waals surface area (Å²) in [5, 5.41) is 12.5. The average Bonchev–Trinajstić information content (AvgIpc) is 3.65. The summed E-state index contributed by atoms with van der Waals surface area (Å²) in [5.41, 5.74) is 5.38. The summed E-state index contributed by atoms with van der Waals surface area (Å²) in [5.74, 6) is -5.01. The molecule has 3 aromatic carbocycles. The molecule has 0 saturated carbocycles. The molecule has 3 aliphatic heterocycles. The molecule has 57 heavy (non-hydrogen) atoms. The van der Waals surface area contributed by atoms with Crippen molar-refractivity contribution in [1.82, 2.24) is 29.9 Å². The molecular formula is C41H40F5N7O4. The zero-order chi connectivity index (χ0) is 40.1. The molecule has 0 radical (unpaired) electrons. The SMILES string of the molecule is Cn1cc(-c2ccc(CN3CCc4c(cccc4CN4CCC(c5ccc(NC6CCC(=O)NC6=O)cc5)C(F)(F)C4)C3)c(OC(F)(F)F)c2)c2cn[nH]c2c1=O. The number of carbonyl (C=O) groups excluding carboxylic acids is 2. The molecule has 0 aliphatic carbocycles. The van der Waals surface area contributed by atoms with Gasteiger partial charge in [-0.05, 0) is 71.8 Å². The van der Waals surface area contributed by atoms with Crippen LogP contribution in [0.2, 0.25) is 0 Å². The Balaban J connectivity index is 0.928. The Labute approximate surface area is 323 Å². The molecule has 2 amide bonds. The van der Waals surface area contributed by atoms with E-state index >= 15 is 8.78 Å². The number of halogens is 5. The lowest BCUT2D eigenvalue weighted by atomic mass is 9.85. The Morgan fingerprint density at radius 3 is 2.49 bits per heavy atom. The molecule has 11 nitrogen and oxygen atoms in total. The van der Waals surface area contributed by atoms with Crippen molar-refractivity contribution in [3.63, 3.8) is 0 Å². The van der Waals surface area contributed by atoms with Crippen LogP contribution >= 0.6 is 0 Å². The third-order valence-corrected chi connectivity index (χ3v) is 11.2. The minimum absolute atomic E-state index is 0.178. The topological polar surface area (TPSA) is 125 Å². The van der Waals surface area contributed by atoms with Crippen LogP contribution in [-0.2, 0) is 42.7 Å². The third kappa shape index (κ3) is 8.14. The van der Waals surface area contributed by atoms with E-state index in [9.17, 15) is 27.6 Å². The Bertz CT molecular complexity index is 2390. The summed E-state index contributed by atoms with van der Waals surface area (Å²) in [6, 6.07) is 16.6. The summed E-state index contributed by atoms with van der Waals surface area (Å²) in [6.07, 6.45) is -0.465. The maximum Gasteiger partial charge on any atom is 0.573 e. The minimum atomic E-state index is -4.93. The number of benzene rings is 3. The molecule has 2 saturated heterocycles. The van der Waals surface area contributed by atoms with E-state index in [0.717, 1.165) is 16.7 Å². The molecule has 2 atom stereocenters. The van der Waals surface area contributed by atoms with Crippen molar-refractivity contribution >= 4 is 28.4 Å². The highest BCUT2D eigenvalue weighted by Crippen LogP contribution is 2.42. The number of H-pyrrole nitrogens is 1. The van der Waals surface area contributed by atoms with Gasteiger partial charge in [-0.3, -0.25) is 34.6 Å². The van der Waals surface area contributed by atoms with Gasteiger partial charge in [0.05, 0.1) is 18.7 Å². The highest BCUT2D eigenvalue weighted by Gasteiger charge is 2.45. The van der Waals surface area contributed by atoms with Gasteiger partial charge in [0, 0.05) is 68.0 Å². The van der Waals surface area contributed by atoms with Crippen LogP contribution in [0.25, 0.3) is 22.0 Å². The van der Waals surface area contributed by atoms with E-state index in [2.05, 4.69) is 25.6 Å². The van der Waals surface area contributed by atoms with E-state index in [1.165, 1.54) is 16.8 Å². The van der Waals surface area contributed by atoms with Crippen LogP contribution in [-0.4, -0.2) is 74.3 Å². The van der Waals surface area contributed by atoms with Gasteiger partial charge < -0.3 is 14.6 Å². The van der Waals surface area contributed by atoms with Crippen LogP contribution in [0, 0.1) is 0 Å². The van der Waals surface area contributed by atoms with Crippen molar-refractivity contribution in [2.24, 2.45) is 7.05 Å². The van der Waals surface area contributed by atoms with Crippen molar-refractivity contribution < 1.29 is 36.3 Å². The number of hydrogen-bond donors (Lipinski definition) is 3. The average molecular weight is 790 g/mol. The van der Waals surface area contributed by atoms with Crippen molar-refractivity contribution in [2.45, 2.75) is 69.6 Å². The molecule has 16 heteroatoms. The maximum atomic E-state index is 15.8. The fourth-order valence-electron chi connectivity index (χ4n) is 8.37. The zero-order valence-corrected chi connectivity index (χ0v) is 31.0. The first kappa shape index (κ1) is 38.3. The number of rotatable bonds is 9. The number of ether oxygens (including phenoxy) is 1. The van der Waals surface area contributed by atoms with Crippen LogP contribution in [0.5, 0.6) is 5.75 Å². The van der Waals surface area contributed by atoms with Gasteiger partial charge in [-0.15, -0.1) is 13.2 Å². The Kier molecular flexibility index (Phi) is 10.1. The van der Waals surface area contributed by atoms with Gasteiger partial charge in [0.1, 0.15) is 17.3 Å². The van der Waals surface area contributed by atoms with Crippen molar-refractivity contribution in [1.29, 1.82) is 0 Å². The first-order valence-electron chi connectivity index (χ1n) is 18.7. The molecule has 2 unspecified atom stereocenters. The number of nitrogens with zero attached hydrogens (tertiary/aromatic N) is 4. The number of piperidine rings is 2. The predicted octanol–water partition coefficient (Wildman–Crippen LogP) is 6.23. The van der Waals surface area contributed by atoms with Crippen molar-refractivity contribution in [3.05, 3.63) is 111 Å². The second kappa shape index (κ2) is 15.0. The van der Waals surface area contributed by atoms with Crippen LogP contribution < -0.4 is 20.9 Å². The number of likely N-dealkylation sites (tertiary alicyclic amines) is 1. The summed E-state index contributed by atoms with van der Waals surface area (Å²) in [7, 11) is 1.56. The van der Waals surface area contributed by atoms with Gasteiger partial charge in [-0.1, -0.05) is 42.5 Å². The molecule has 3 N–H and O–H groups in total. The molecule has 5 heterocycles. The van der Waals surface area contributed by atoms with Crippen molar-refractivity contribution in [3.8, 4) is 16.9 Å². The summed E-state index contributed by atoms with van der Waals surface area (Å²) < 4.78 is 78.5. The van der Waals surface area contributed by atoms with E-state index in [1.54, 1.807) is 54.5 Å². The molecule has 0 bridgehead atoms. The number of pyridine rings is 1. The Morgan fingerprint density at radius 2 is 1.74 bits per heavy atom. The van der Waals surface area contributed by atoms with Crippen LogP contribution in [0.15, 0.2) is 77.9 Å². The van der Waals surface area contributed by atoms with E-state index in [4.69, 9.17) is 0 Å². The van der Waals surface area contributed by atoms with E-state index < -0.39 is 36.7 Å². The highest BCUT2D eigenvalue weighted by atomic mass is 19.4. The summed E-state index contributed by atoms with van der Waals surface area (Å²) in [4.78, 5) is 39.9. The molecular weight excluding hydrogens is 749 g/mol. The van der Waals surface area contributed by atoms with Gasteiger partial charge in [0.15, 0.2) is 0 Å². The first-order valence-corrected chi connectivity index (χ1v) is 18.7. The second-order valence-corrected chi connectivity index (χ2v) is 15.1. The number of hydrogen-bond acceptors (Lipinski definition) is 8. The fraction of sp³-hybridized carbons (Fsp3) is 0.366.